The van der Waals surface area contributed by atoms with Crippen molar-refractivity contribution in [2.24, 2.45) is 0 Å². The van der Waals surface area contributed by atoms with E-state index in [2.05, 4.69) is 0 Å². The molecule has 2 nitrogen and oxygen atoms in total. The molecule has 0 atom stereocenters. The average Bonchev–Trinajstić information content (AvgIpc) is 2.14. The summed E-state index contributed by atoms with van der Waals surface area (Å²) in [5.41, 5.74) is 0. The van der Waals surface area contributed by atoms with E-state index in [0.717, 1.165) is 12.2 Å². The zero-order chi connectivity index (χ0) is 5.98. The summed E-state index contributed by atoms with van der Waals surface area (Å²) in [6.07, 6.45) is 2.38. The molecule has 0 bridgehead atoms. The van der Waals surface area contributed by atoms with Gasteiger partial charge in [0.05, 0.1) is 0 Å². The number of allylic oxidation sites excluding steroid dienone is 1. The predicted molar refractivity (Wildman–Crippen MR) is 29.3 cm³/mol. The Morgan fingerprint density at radius 2 is 2.62 bits per heavy atom. The number of hydrogen-bond acceptors (Lipinski definition) is 2. The highest BCUT2D eigenvalue weighted by atomic mass is 16.5. The van der Waals surface area contributed by atoms with E-state index in [9.17, 15) is 4.79 Å². The highest BCUT2D eigenvalue weighted by molar-refractivity contribution is 5.92. The smallest absolute Gasteiger partial charge is 0.196 e. The van der Waals surface area contributed by atoms with Crippen LogP contribution in [0.2, 0.25) is 0 Å². The molecule has 0 fully saturated rings. The maximum absolute atomic E-state index is 10.4. The molecule has 1 aliphatic rings. The summed E-state index contributed by atoms with van der Waals surface area (Å²) in [7, 11) is 0. The lowest BCUT2D eigenvalue weighted by atomic mass is 10.3. The summed E-state index contributed by atoms with van der Waals surface area (Å²) in [6, 6.07) is 0. The van der Waals surface area contributed by atoms with Crippen molar-refractivity contribution in [3.05, 3.63) is 11.8 Å². The van der Waals surface area contributed by atoms with Crippen molar-refractivity contribution in [2.75, 3.05) is 6.61 Å². The van der Waals surface area contributed by atoms with Crippen molar-refractivity contribution in [3.63, 3.8) is 0 Å². The third kappa shape index (κ3) is 0.886. The first-order valence-electron chi connectivity index (χ1n) is 2.69. The monoisotopic (exact) mass is 112 g/mol. The first kappa shape index (κ1) is 5.35. The van der Waals surface area contributed by atoms with Gasteiger partial charge in [-0.1, -0.05) is 6.92 Å². The van der Waals surface area contributed by atoms with Crippen molar-refractivity contribution >= 4 is 5.78 Å². The van der Waals surface area contributed by atoms with Crippen LogP contribution in [0.3, 0.4) is 0 Å². The van der Waals surface area contributed by atoms with Gasteiger partial charge in [0, 0.05) is 12.5 Å². The van der Waals surface area contributed by atoms with E-state index in [4.69, 9.17) is 4.74 Å². The largest absolute Gasteiger partial charge is 0.490 e. The number of rotatable bonds is 1. The van der Waals surface area contributed by atoms with E-state index in [1.165, 1.54) is 0 Å². The first-order valence-corrected chi connectivity index (χ1v) is 2.69. The zero-order valence-electron chi connectivity index (χ0n) is 4.81. The summed E-state index contributed by atoms with van der Waals surface area (Å²) in [5, 5.41) is 0. The van der Waals surface area contributed by atoms with Crippen LogP contribution in [-0.2, 0) is 9.53 Å². The number of ether oxygens (including phenoxy) is 1. The minimum atomic E-state index is 0.0850. The number of carbonyl (C=O) groups excluding carboxylic acids is 1. The molecule has 1 aliphatic heterocycles. The Morgan fingerprint density at radius 1 is 1.88 bits per heavy atom. The molecule has 1 rings (SSSR count). The number of ketones is 1. The minimum Gasteiger partial charge on any atom is -0.490 e. The fraction of sp³-hybridized carbons (Fsp3) is 0.500. The van der Waals surface area contributed by atoms with Crippen LogP contribution in [0.5, 0.6) is 0 Å². The van der Waals surface area contributed by atoms with E-state index in [0.29, 0.717) is 0 Å². The third-order valence-corrected chi connectivity index (χ3v) is 1.07. The van der Waals surface area contributed by atoms with E-state index in [-0.39, 0.29) is 12.4 Å². The molecule has 0 N–H and O–H groups in total. The first-order chi connectivity index (χ1) is 3.83. The Bertz CT molecular complexity index is 135. The second kappa shape index (κ2) is 1.99. The van der Waals surface area contributed by atoms with Gasteiger partial charge in [-0.05, 0) is 0 Å². The van der Waals surface area contributed by atoms with Gasteiger partial charge in [0.2, 0.25) is 0 Å². The lowest BCUT2D eigenvalue weighted by Crippen LogP contribution is -1.92. The van der Waals surface area contributed by atoms with Gasteiger partial charge in [-0.15, -0.1) is 0 Å². The lowest BCUT2D eigenvalue weighted by Gasteiger charge is -1.93. The molecular weight excluding hydrogens is 104 g/mol. The molecule has 0 radical (unpaired) electrons. The molecule has 0 aromatic heterocycles. The highest BCUT2D eigenvalue weighted by Crippen LogP contribution is 2.08. The molecule has 0 amide bonds. The summed E-state index contributed by atoms with van der Waals surface area (Å²) in [5.74, 6) is 0.900. The van der Waals surface area contributed by atoms with Gasteiger partial charge in [0.15, 0.2) is 12.4 Å². The van der Waals surface area contributed by atoms with Gasteiger partial charge in [-0.2, -0.15) is 0 Å². The summed E-state index contributed by atoms with van der Waals surface area (Å²) < 4.78 is 4.93. The van der Waals surface area contributed by atoms with Crippen molar-refractivity contribution in [1.29, 1.82) is 0 Å². The SMILES string of the molecule is CCC1=CC(=O)CO1. The van der Waals surface area contributed by atoms with E-state index >= 15 is 0 Å². The fourth-order valence-electron chi connectivity index (χ4n) is 0.631. The Hall–Kier alpha value is -0.790. The van der Waals surface area contributed by atoms with Crippen LogP contribution >= 0.6 is 0 Å². The molecule has 44 valence electrons. The van der Waals surface area contributed by atoms with Gasteiger partial charge in [0.1, 0.15) is 5.76 Å². The molecule has 0 saturated carbocycles. The molecule has 0 aliphatic carbocycles. The molecule has 0 aromatic carbocycles. The van der Waals surface area contributed by atoms with Gasteiger partial charge in [0.25, 0.3) is 0 Å². The van der Waals surface area contributed by atoms with Crippen molar-refractivity contribution in [1.82, 2.24) is 0 Å². The zero-order valence-corrected chi connectivity index (χ0v) is 4.81. The van der Waals surface area contributed by atoms with Crippen LogP contribution < -0.4 is 0 Å². The molecule has 0 unspecified atom stereocenters. The maximum atomic E-state index is 10.4. The van der Waals surface area contributed by atoms with Crippen LogP contribution in [0.4, 0.5) is 0 Å². The average molecular weight is 112 g/mol. The number of hydrogen-bond donors (Lipinski definition) is 0. The Morgan fingerprint density at radius 3 is 2.88 bits per heavy atom. The maximum Gasteiger partial charge on any atom is 0.196 e. The standard InChI is InChI=1S/C6H8O2/c1-2-6-3-5(7)4-8-6/h3H,2,4H2,1H3. The van der Waals surface area contributed by atoms with E-state index < -0.39 is 0 Å². The molecular formula is C6H8O2. The molecule has 8 heavy (non-hydrogen) atoms. The van der Waals surface area contributed by atoms with E-state index in [1.54, 1.807) is 6.08 Å². The minimum absolute atomic E-state index is 0.0850. The topological polar surface area (TPSA) is 26.3 Å². The quantitative estimate of drug-likeness (QED) is 0.503. The third-order valence-electron chi connectivity index (χ3n) is 1.07. The summed E-state index contributed by atoms with van der Waals surface area (Å²) in [6.45, 7) is 2.22. The summed E-state index contributed by atoms with van der Waals surface area (Å²) >= 11 is 0. The molecule has 0 saturated heterocycles. The van der Waals surface area contributed by atoms with Crippen LogP contribution in [0.25, 0.3) is 0 Å². The van der Waals surface area contributed by atoms with Gasteiger partial charge >= 0.3 is 0 Å². The van der Waals surface area contributed by atoms with Crippen LogP contribution in [-0.4, -0.2) is 12.4 Å². The summed E-state index contributed by atoms with van der Waals surface area (Å²) in [4.78, 5) is 10.4. The van der Waals surface area contributed by atoms with Crippen LogP contribution in [0.15, 0.2) is 11.8 Å². The second-order valence-electron chi connectivity index (χ2n) is 1.72. The Labute approximate surface area is 48.1 Å². The van der Waals surface area contributed by atoms with Crippen LogP contribution in [0.1, 0.15) is 13.3 Å². The van der Waals surface area contributed by atoms with Crippen molar-refractivity contribution in [3.8, 4) is 0 Å². The molecule has 1 heterocycles. The lowest BCUT2D eigenvalue weighted by molar-refractivity contribution is -0.115. The number of carbonyl (C=O) groups is 1. The molecule has 0 spiro atoms. The van der Waals surface area contributed by atoms with Gasteiger partial charge in [-0.25, -0.2) is 0 Å². The van der Waals surface area contributed by atoms with Gasteiger partial charge in [-0.3, -0.25) is 4.79 Å². The molecule has 2 heteroatoms. The van der Waals surface area contributed by atoms with Crippen molar-refractivity contribution in [2.45, 2.75) is 13.3 Å². The van der Waals surface area contributed by atoms with Crippen LogP contribution in [0, 0.1) is 0 Å². The highest BCUT2D eigenvalue weighted by Gasteiger charge is 2.09. The predicted octanol–water partition coefficient (Wildman–Crippen LogP) is 0.880. The normalized spacial score (nSPS) is 18.1. The Balaban J connectivity index is 2.57. The second-order valence-corrected chi connectivity index (χ2v) is 1.72. The van der Waals surface area contributed by atoms with E-state index in [1.807, 2.05) is 6.92 Å². The fourth-order valence-corrected chi connectivity index (χ4v) is 0.631. The van der Waals surface area contributed by atoms with Gasteiger partial charge < -0.3 is 4.74 Å². The molecule has 0 aromatic rings. The Kier molecular flexibility index (Phi) is 1.33. The van der Waals surface area contributed by atoms with Crippen molar-refractivity contribution < 1.29 is 9.53 Å².